The number of hydrogen-bond donors (Lipinski definition) is 1. The van der Waals surface area contributed by atoms with E-state index in [4.69, 9.17) is 23.2 Å². The van der Waals surface area contributed by atoms with Gasteiger partial charge in [-0.25, -0.2) is 4.98 Å². The topological polar surface area (TPSA) is 44.3 Å². The maximum atomic E-state index is 6.07. The average molecular weight is 366 g/mol. The number of halogens is 2. The van der Waals surface area contributed by atoms with Crippen molar-refractivity contribution in [2.24, 2.45) is 0 Å². The lowest BCUT2D eigenvalue weighted by atomic mass is 10.3. The molecule has 0 radical (unpaired) electrons. The summed E-state index contributed by atoms with van der Waals surface area (Å²) in [7, 11) is 0. The number of likely N-dealkylation sites (N-methyl/N-ethyl adjacent to an activating group) is 1. The molecular formula is C17H21Cl2N5. The van der Waals surface area contributed by atoms with Crippen LogP contribution in [0.3, 0.4) is 0 Å². The first-order valence-corrected chi connectivity index (χ1v) is 8.86. The fourth-order valence-corrected chi connectivity index (χ4v) is 3.06. The monoisotopic (exact) mass is 365 g/mol. The molecule has 0 atom stereocenters. The first-order chi connectivity index (χ1) is 11.5. The molecule has 1 aliphatic rings. The molecular weight excluding hydrogens is 345 g/mol. The molecule has 24 heavy (non-hydrogen) atoms. The van der Waals surface area contributed by atoms with Crippen LogP contribution in [0, 0.1) is 6.92 Å². The molecule has 0 amide bonds. The molecule has 3 rings (SSSR count). The third kappa shape index (κ3) is 4.09. The third-order valence-electron chi connectivity index (χ3n) is 4.16. The second-order valence-corrected chi connectivity index (χ2v) is 6.68. The van der Waals surface area contributed by atoms with Gasteiger partial charge in [-0.2, -0.15) is 4.98 Å². The number of hydrogen-bond acceptors (Lipinski definition) is 5. The van der Waals surface area contributed by atoms with E-state index in [1.807, 2.05) is 19.1 Å². The van der Waals surface area contributed by atoms with Gasteiger partial charge in [-0.15, -0.1) is 0 Å². The van der Waals surface area contributed by atoms with Crippen molar-refractivity contribution in [3.8, 4) is 0 Å². The first kappa shape index (κ1) is 17.3. The van der Waals surface area contributed by atoms with E-state index in [0.29, 0.717) is 16.0 Å². The predicted molar refractivity (Wildman–Crippen MR) is 101 cm³/mol. The molecule has 7 heteroatoms. The Morgan fingerprint density at radius 1 is 1.04 bits per heavy atom. The number of anilines is 3. The second-order valence-electron chi connectivity index (χ2n) is 5.87. The summed E-state index contributed by atoms with van der Waals surface area (Å²) in [6, 6.07) is 7.42. The van der Waals surface area contributed by atoms with Crippen molar-refractivity contribution in [3.63, 3.8) is 0 Å². The highest BCUT2D eigenvalue weighted by Gasteiger charge is 2.18. The number of rotatable bonds is 4. The summed E-state index contributed by atoms with van der Waals surface area (Å²) in [5, 5.41) is 4.24. The SMILES string of the molecule is CCN1CCN(c2cc(C)nc(Nc3ccc(Cl)c(Cl)c3)n2)CC1. The molecule has 1 fully saturated rings. The van der Waals surface area contributed by atoms with Crippen LogP contribution in [-0.2, 0) is 0 Å². The van der Waals surface area contributed by atoms with Crippen molar-refractivity contribution in [3.05, 3.63) is 40.0 Å². The quantitative estimate of drug-likeness (QED) is 0.887. The van der Waals surface area contributed by atoms with Gasteiger partial charge >= 0.3 is 0 Å². The van der Waals surface area contributed by atoms with Crippen molar-refractivity contribution in [1.29, 1.82) is 0 Å². The number of benzene rings is 1. The summed E-state index contributed by atoms with van der Waals surface area (Å²) in [6.07, 6.45) is 0. The lowest BCUT2D eigenvalue weighted by molar-refractivity contribution is 0.270. The average Bonchev–Trinajstić information content (AvgIpc) is 2.58. The molecule has 2 heterocycles. The standard InChI is InChI=1S/C17H21Cl2N5/c1-3-23-6-8-24(9-7-23)16-10-12(2)20-17(22-16)21-13-4-5-14(18)15(19)11-13/h4-5,10-11H,3,6-9H2,1-2H3,(H,20,21,22). The smallest absolute Gasteiger partial charge is 0.229 e. The fraction of sp³-hybridized carbons (Fsp3) is 0.412. The minimum atomic E-state index is 0.505. The van der Waals surface area contributed by atoms with E-state index >= 15 is 0 Å². The first-order valence-electron chi connectivity index (χ1n) is 8.10. The van der Waals surface area contributed by atoms with Gasteiger partial charge in [0.25, 0.3) is 0 Å². The largest absolute Gasteiger partial charge is 0.354 e. The number of aryl methyl sites for hydroxylation is 1. The summed E-state index contributed by atoms with van der Waals surface area (Å²) in [6.45, 7) is 9.37. The Morgan fingerprint density at radius 2 is 1.79 bits per heavy atom. The third-order valence-corrected chi connectivity index (χ3v) is 4.90. The van der Waals surface area contributed by atoms with Crippen LogP contribution < -0.4 is 10.2 Å². The summed E-state index contributed by atoms with van der Waals surface area (Å²) in [4.78, 5) is 13.9. The summed E-state index contributed by atoms with van der Waals surface area (Å²) >= 11 is 12.0. The van der Waals surface area contributed by atoms with E-state index in [9.17, 15) is 0 Å². The Kier molecular flexibility index (Phi) is 5.43. The fourth-order valence-electron chi connectivity index (χ4n) is 2.77. The Bertz CT molecular complexity index is 714. The van der Waals surface area contributed by atoms with Crippen LogP contribution in [-0.4, -0.2) is 47.6 Å². The number of aromatic nitrogens is 2. The molecule has 1 aliphatic heterocycles. The Morgan fingerprint density at radius 3 is 2.46 bits per heavy atom. The molecule has 0 spiro atoms. The second kappa shape index (κ2) is 7.55. The molecule has 1 aromatic carbocycles. The molecule has 1 saturated heterocycles. The zero-order valence-corrected chi connectivity index (χ0v) is 15.4. The number of nitrogens with zero attached hydrogens (tertiary/aromatic N) is 4. The van der Waals surface area contributed by atoms with E-state index in [1.165, 1.54) is 0 Å². The molecule has 1 aromatic heterocycles. The predicted octanol–water partition coefficient (Wildman–Crippen LogP) is 3.98. The highest BCUT2D eigenvalue weighted by Crippen LogP contribution is 2.27. The number of piperazine rings is 1. The molecule has 1 N–H and O–H groups in total. The summed E-state index contributed by atoms with van der Waals surface area (Å²) < 4.78 is 0. The van der Waals surface area contributed by atoms with Gasteiger partial charge in [0.15, 0.2) is 0 Å². The van der Waals surface area contributed by atoms with Crippen LogP contribution in [0.2, 0.25) is 10.0 Å². The van der Waals surface area contributed by atoms with Gasteiger partial charge in [0.2, 0.25) is 5.95 Å². The van der Waals surface area contributed by atoms with Crippen LogP contribution in [0.15, 0.2) is 24.3 Å². The molecule has 0 saturated carbocycles. The van der Waals surface area contributed by atoms with Gasteiger partial charge in [-0.3, -0.25) is 0 Å². The lowest BCUT2D eigenvalue weighted by Gasteiger charge is -2.34. The molecule has 0 bridgehead atoms. The van der Waals surface area contributed by atoms with Crippen molar-refractivity contribution < 1.29 is 0 Å². The highest BCUT2D eigenvalue weighted by molar-refractivity contribution is 6.42. The summed E-state index contributed by atoms with van der Waals surface area (Å²) in [5.74, 6) is 1.53. The van der Waals surface area contributed by atoms with Gasteiger partial charge in [-0.1, -0.05) is 30.1 Å². The van der Waals surface area contributed by atoms with E-state index in [-0.39, 0.29) is 0 Å². The Hall–Kier alpha value is -1.56. The molecule has 2 aromatic rings. The maximum Gasteiger partial charge on any atom is 0.229 e. The van der Waals surface area contributed by atoms with E-state index < -0.39 is 0 Å². The van der Waals surface area contributed by atoms with Gasteiger partial charge in [0.1, 0.15) is 5.82 Å². The zero-order chi connectivity index (χ0) is 17.1. The molecule has 0 aliphatic carbocycles. The molecule has 0 unspecified atom stereocenters. The van der Waals surface area contributed by atoms with Gasteiger partial charge in [0.05, 0.1) is 10.0 Å². The van der Waals surface area contributed by atoms with Crippen molar-refractivity contribution in [1.82, 2.24) is 14.9 Å². The van der Waals surface area contributed by atoms with E-state index in [2.05, 4.69) is 32.0 Å². The van der Waals surface area contributed by atoms with Crippen LogP contribution >= 0.6 is 23.2 Å². The maximum absolute atomic E-state index is 6.07. The number of nitrogens with one attached hydrogen (secondary N) is 1. The van der Waals surface area contributed by atoms with Crippen molar-refractivity contribution in [2.75, 3.05) is 42.9 Å². The Labute approximate surface area is 152 Å². The van der Waals surface area contributed by atoms with Crippen LogP contribution in [0.4, 0.5) is 17.5 Å². The lowest BCUT2D eigenvalue weighted by Crippen LogP contribution is -2.46. The van der Waals surface area contributed by atoms with E-state index in [1.54, 1.807) is 12.1 Å². The molecule has 5 nitrogen and oxygen atoms in total. The van der Waals surface area contributed by atoms with Crippen molar-refractivity contribution >= 4 is 40.7 Å². The van der Waals surface area contributed by atoms with Gasteiger partial charge in [0, 0.05) is 43.6 Å². The highest BCUT2D eigenvalue weighted by atomic mass is 35.5. The van der Waals surface area contributed by atoms with Gasteiger partial charge < -0.3 is 15.1 Å². The molecule has 128 valence electrons. The Balaban J connectivity index is 1.77. The van der Waals surface area contributed by atoms with Crippen molar-refractivity contribution in [2.45, 2.75) is 13.8 Å². The van der Waals surface area contributed by atoms with Gasteiger partial charge in [-0.05, 0) is 31.7 Å². The summed E-state index contributed by atoms with van der Waals surface area (Å²) in [5.41, 5.74) is 1.75. The van der Waals surface area contributed by atoms with Crippen LogP contribution in [0.1, 0.15) is 12.6 Å². The minimum Gasteiger partial charge on any atom is -0.354 e. The van der Waals surface area contributed by atoms with Crippen LogP contribution in [0.25, 0.3) is 0 Å². The van der Waals surface area contributed by atoms with E-state index in [0.717, 1.165) is 49.9 Å². The minimum absolute atomic E-state index is 0.505. The zero-order valence-electron chi connectivity index (χ0n) is 13.9. The van der Waals surface area contributed by atoms with Crippen LogP contribution in [0.5, 0.6) is 0 Å². The normalized spacial score (nSPS) is 15.6.